The maximum Gasteiger partial charge on any atom is 0.245 e. The summed E-state index contributed by atoms with van der Waals surface area (Å²) >= 11 is 0. The SMILES string of the molecule is CCNC(=O)C(C)(C)Nc1nc(-c2c[nH]c3ncc(F)cc23)ncc1F. The quantitative estimate of drug-likeness (QED) is 0.650. The Bertz CT molecular complexity index is 969. The van der Waals surface area contributed by atoms with Crippen molar-refractivity contribution < 1.29 is 13.6 Å². The number of nitrogens with zero attached hydrogens (tertiary/aromatic N) is 3. The van der Waals surface area contributed by atoms with Gasteiger partial charge >= 0.3 is 0 Å². The number of fused-ring (bicyclic) bond motifs is 1. The fourth-order valence-electron chi connectivity index (χ4n) is 2.48. The van der Waals surface area contributed by atoms with Gasteiger partial charge in [-0.05, 0) is 26.8 Å². The van der Waals surface area contributed by atoms with Gasteiger partial charge < -0.3 is 15.6 Å². The standard InChI is InChI=1S/C17H18F2N6O/c1-4-20-16(26)17(2,3)25-15-12(19)8-23-14(24-15)11-7-22-13-10(11)5-9(18)6-21-13/h5-8H,4H2,1-3H3,(H,20,26)(H,21,22)(H,23,24,25). The maximum atomic E-state index is 14.2. The molecule has 1 amide bonds. The van der Waals surface area contributed by atoms with Crippen LogP contribution >= 0.6 is 0 Å². The van der Waals surface area contributed by atoms with Gasteiger partial charge in [0.1, 0.15) is 17.0 Å². The van der Waals surface area contributed by atoms with Crippen LogP contribution in [0.4, 0.5) is 14.6 Å². The van der Waals surface area contributed by atoms with E-state index in [1.807, 2.05) is 0 Å². The van der Waals surface area contributed by atoms with Gasteiger partial charge in [-0.3, -0.25) is 4.79 Å². The largest absolute Gasteiger partial charge is 0.354 e. The van der Waals surface area contributed by atoms with Crippen molar-refractivity contribution in [2.24, 2.45) is 0 Å². The third-order valence-electron chi connectivity index (χ3n) is 3.82. The van der Waals surface area contributed by atoms with Crippen molar-refractivity contribution in [1.29, 1.82) is 0 Å². The topological polar surface area (TPSA) is 95.6 Å². The van der Waals surface area contributed by atoms with Crippen molar-refractivity contribution in [2.75, 3.05) is 11.9 Å². The fraction of sp³-hybridized carbons (Fsp3) is 0.294. The Kier molecular flexibility index (Phi) is 4.54. The Balaban J connectivity index is 2.00. The van der Waals surface area contributed by atoms with E-state index in [0.717, 1.165) is 12.4 Å². The third kappa shape index (κ3) is 3.32. The molecule has 26 heavy (non-hydrogen) atoms. The molecule has 0 spiro atoms. The summed E-state index contributed by atoms with van der Waals surface area (Å²) in [6, 6.07) is 1.30. The van der Waals surface area contributed by atoms with E-state index >= 15 is 0 Å². The number of pyridine rings is 1. The van der Waals surface area contributed by atoms with Crippen LogP contribution in [0.1, 0.15) is 20.8 Å². The lowest BCUT2D eigenvalue weighted by Gasteiger charge is -2.25. The highest BCUT2D eigenvalue weighted by Crippen LogP contribution is 2.27. The average Bonchev–Trinajstić information content (AvgIpc) is 3.00. The van der Waals surface area contributed by atoms with Gasteiger partial charge in [0.2, 0.25) is 5.91 Å². The highest BCUT2D eigenvalue weighted by Gasteiger charge is 2.28. The Morgan fingerprint density at radius 3 is 2.77 bits per heavy atom. The Morgan fingerprint density at radius 2 is 2.04 bits per heavy atom. The van der Waals surface area contributed by atoms with Crippen LogP contribution < -0.4 is 10.6 Å². The predicted octanol–water partition coefficient (Wildman–Crippen LogP) is 2.62. The molecule has 0 saturated carbocycles. The first-order valence-electron chi connectivity index (χ1n) is 8.04. The number of carbonyl (C=O) groups is 1. The number of rotatable bonds is 5. The summed E-state index contributed by atoms with van der Waals surface area (Å²) in [5.74, 6) is -1.44. The number of amides is 1. The van der Waals surface area contributed by atoms with E-state index in [1.54, 1.807) is 27.0 Å². The molecule has 0 unspecified atom stereocenters. The minimum absolute atomic E-state index is 0.120. The fourth-order valence-corrected chi connectivity index (χ4v) is 2.48. The molecular formula is C17H18F2N6O. The zero-order chi connectivity index (χ0) is 18.9. The first kappa shape index (κ1) is 17.7. The second kappa shape index (κ2) is 6.66. The summed E-state index contributed by atoms with van der Waals surface area (Å²) in [5, 5.41) is 5.95. The van der Waals surface area contributed by atoms with Gasteiger partial charge in [-0.15, -0.1) is 0 Å². The monoisotopic (exact) mass is 360 g/mol. The van der Waals surface area contributed by atoms with Gasteiger partial charge in [-0.2, -0.15) is 0 Å². The molecule has 0 radical (unpaired) electrons. The second-order valence-electron chi connectivity index (χ2n) is 6.25. The van der Waals surface area contributed by atoms with Crippen LogP contribution in [0.2, 0.25) is 0 Å². The van der Waals surface area contributed by atoms with Crippen LogP contribution in [0.3, 0.4) is 0 Å². The lowest BCUT2D eigenvalue weighted by Crippen LogP contribution is -2.48. The molecule has 3 rings (SSSR count). The number of halogens is 2. The van der Waals surface area contributed by atoms with Crippen LogP contribution in [0.5, 0.6) is 0 Å². The molecule has 0 aromatic carbocycles. The van der Waals surface area contributed by atoms with Crippen LogP contribution in [-0.2, 0) is 4.79 Å². The summed E-state index contributed by atoms with van der Waals surface area (Å²) in [6.07, 6.45) is 3.67. The first-order valence-corrected chi connectivity index (χ1v) is 8.04. The zero-order valence-electron chi connectivity index (χ0n) is 14.5. The van der Waals surface area contributed by atoms with Crippen molar-refractivity contribution in [2.45, 2.75) is 26.3 Å². The number of anilines is 1. The summed E-state index contributed by atoms with van der Waals surface area (Å²) in [6.45, 7) is 5.48. The van der Waals surface area contributed by atoms with E-state index in [-0.39, 0.29) is 17.5 Å². The molecule has 0 aliphatic carbocycles. The lowest BCUT2D eigenvalue weighted by atomic mass is 10.0. The number of hydrogen-bond donors (Lipinski definition) is 3. The normalized spacial score (nSPS) is 11.6. The molecule has 3 aromatic rings. The molecular weight excluding hydrogens is 342 g/mol. The molecule has 3 N–H and O–H groups in total. The highest BCUT2D eigenvalue weighted by atomic mass is 19.1. The summed E-state index contributed by atoms with van der Waals surface area (Å²) in [7, 11) is 0. The van der Waals surface area contributed by atoms with E-state index < -0.39 is 17.2 Å². The molecule has 0 atom stereocenters. The van der Waals surface area contributed by atoms with Crippen molar-refractivity contribution in [3.05, 3.63) is 36.3 Å². The Hall–Kier alpha value is -3.10. The van der Waals surface area contributed by atoms with E-state index in [4.69, 9.17) is 0 Å². The first-order chi connectivity index (χ1) is 12.3. The maximum absolute atomic E-state index is 14.2. The van der Waals surface area contributed by atoms with Gasteiger partial charge in [-0.25, -0.2) is 23.7 Å². The second-order valence-corrected chi connectivity index (χ2v) is 6.25. The summed E-state index contributed by atoms with van der Waals surface area (Å²) < 4.78 is 27.7. The molecule has 0 aliphatic rings. The van der Waals surface area contributed by atoms with Gasteiger partial charge in [0.15, 0.2) is 17.5 Å². The van der Waals surface area contributed by atoms with E-state index in [1.165, 1.54) is 6.07 Å². The molecule has 0 fully saturated rings. The lowest BCUT2D eigenvalue weighted by molar-refractivity contribution is -0.124. The average molecular weight is 360 g/mol. The van der Waals surface area contributed by atoms with Crippen molar-refractivity contribution in [1.82, 2.24) is 25.3 Å². The van der Waals surface area contributed by atoms with Crippen molar-refractivity contribution in [3.63, 3.8) is 0 Å². The highest BCUT2D eigenvalue weighted by molar-refractivity contribution is 5.92. The molecule has 7 nitrogen and oxygen atoms in total. The zero-order valence-corrected chi connectivity index (χ0v) is 14.5. The van der Waals surface area contributed by atoms with Gasteiger partial charge in [0.05, 0.1) is 12.4 Å². The van der Waals surface area contributed by atoms with Crippen LogP contribution in [0.25, 0.3) is 22.4 Å². The van der Waals surface area contributed by atoms with E-state index in [9.17, 15) is 13.6 Å². The third-order valence-corrected chi connectivity index (χ3v) is 3.82. The smallest absolute Gasteiger partial charge is 0.245 e. The number of aromatic nitrogens is 4. The van der Waals surface area contributed by atoms with Crippen molar-refractivity contribution >= 4 is 22.8 Å². The summed E-state index contributed by atoms with van der Waals surface area (Å²) in [4.78, 5) is 27.1. The minimum atomic E-state index is -1.09. The van der Waals surface area contributed by atoms with E-state index in [2.05, 4.69) is 30.6 Å². The number of H-pyrrole nitrogens is 1. The Morgan fingerprint density at radius 1 is 1.27 bits per heavy atom. The van der Waals surface area contributed by atoms with Crippen molar-refractivity contribution in [3.8, 4) is 11.4 Å². The van der Waals surface area contributed by atoms with E-state index in [0.29, 0.717) is 23.1 Å². The van der Waals surface area contributed by atoms with Crippen LogP contribution in [0.15, 0.2) is 24.7 Å². The number of aromatic amines is 1. The number of carbonyl (C=O) groups excluding carboxylic acids is 1. The molecule has 9 heteroatoms. The number of likely N-dealkylation sites (N-methyl/N-ethyl adjacent to an activating group) is 1. The predicted molar refractivity (Wildman–Crippen MR) is 93.4 cm³/mol. The molecule has 3 heterocycles. The summed E-state index contributed by atoms with van der Waals surface area (Å²) in [5.41, 5.74) is -0.145. The molecule has 136 valence electrons. The van der Waals surface area contributed by atoms with Gasteiger partial charge in [0.25, 0.3) is 0 Å². The van der Waals surface area contributed by atoms with Crippen LogP contribution in [-0.4, -0.2) is 37.9 Å². The van der Waals surface area contributed by atoms with Crippen LogP contribution in [0, 0.1) is 11.6 Å². The molecule has 0 aliphatic heterocycles. The van der Waals surface area contributed by atoms with Gasteiger partial charge in [0, 0.05) is 23.7 Å². The molecule has 3 aromatic heterocycles. The number of hydrogen-bond acceptors (Lipinski definition) is 5. The molecule has 0 bridgehead atoms. The number of nitrogens with one attached hydrogen (secondary N) is 3. The Labute approximate surface area is 148 Å². The molecule has 0 saturated heterocycles. The van der Waals surface area contributed by atoms with Gasteiger partial charge in [-0.1, -0.05) is 0 Å². The minimum Gasteiger partial charge on any atom is -0.354 e.